The van der Waals surface area contributed by atoms with Gasteiger partial charge in [0.2, 0.25) is 5.91 Å². The van der Waals surface area contributed by atoms with Gasteiger partial charge in [-0.2, -0.15) is 0 Å². The second-order valence-electron chi connectivity index (χ2n) is 6.37. The molecule has 1 N–H and O–H groups in total. The van der Waals surface area contributed by atoms with Crippen molar-refractivity contribution in [2.24, 2.45) is 5.41 Å². The summed E-state index contributed by atoms with van der Waals surface area (Å²) >= 11 is 3.44. The van der Waals surface area contributed by atoms with E-state index in [1.807, 2.05) is 24.3 Å². The minimum absolute atomic E-state index is 0.0737. The number of carboxylic acids is 1. The van der Waals surface area contributed by atoms with Gasteiger partial charge >= 0.3 is 5.97 Å². The lowest BCUT2D eigenvalue weighted by Crippen LogP contribution is -2.47. The fourth-order valence-corrected chi connectivity index (χ4v) is 3.67. The second kappa shape index (κ2) is 6.61. The predicted molar refractivity (Wildman–Crippen MR) is 88.0 cm³/mol. The maximum Gasteiger partial charge on any atom is 0.310 e. The third kappa shape index (κ3) is 3.43. The smallest absolute Gasteiger partial charge is 0.310 e. The minimum atomic E-state index is -0.839. The molecule has 1 heterocycles. The quantitative estimate of drug-likeness (QED) is 0.870. The van der Waals surface area contributed by atoms with Crippen LogP contribution in [0.2, 0.25) is 0 Å². The molecule has 3 rings (SSSR count). The lowest BCUT2D eigenvalue weighted by Gasteiger charge is -2.40. The Labute approximate surface area is 143 Å². The van der Waals surface area contributed by atoms with Crippen LogP contribution < -0.4 is 0 Å². The van der Waals surface area contributed by atoms with E-state index < -0.39 is 11.4 Å². The van der Waals surface area contributed by atoms with Crippen LogP contribution in [0.15, 0.2) is 28.7 Å². The van der Waals surface area contributed by atoms with Gasteiger partial charge in [0.1, 0.15) is 6.10 Å². The summed E-state index contributed by atoms with van der Waals surface area (Å²) < 4.78 is 6.76. The van der Waals surface area contributed by atoms with Crippen molar-refractivity contribution in [2.45, 2.75) is 31.8 Å². The molecule has 0 spiro atoms. The first-order valence-electron chi connectivity index (χ1n) is 7.88. The number of hydrogen-bond acceptors (Lipinski definition) is 3. The first-order valence-corrected chi connectivity index (χ1v) is 8.68. The van der Waals surface area contributed by atoms with Gasteiger partial charge in [-0.1, -0.05) is 34.5 Å². The number of carboxylic acid groups (broad SMARTS) is 1. The van der Waals surface area contributed by atoms with Gasteiger partial charge in [-0.15, -0.1) is 0 Å². The summed E-state index contributed by atoms with van der Waals surface area (Å²) in [6.45, 7) is 1.48. The van der Waals surface area contributed by atoms with Gasteiger partial charge < -0.3 is 14.7 Å². The molecule has 1 atom stereocenters. The average Bonchev–Trinajstić information content (AvgIpc) is 2.50. The summed E-state index contributed by atoms with van der Waals surface area (Å²) in [4.78, 5) is 25.7. The van der Waals surface area contributed by atoms with Crippen LogP contribution in [-0.2, 0) is 14.3 Å². The third-order valence-corrected chi connectivity index (χ3v) is 5.39. The molecule has 124 valence electrons. The average molecular weight is 382 g/mol. The molecule has 0 bridgehead atoms. The summed E-state index contributed by atoms with van der Waals surface area (Å²) in [7, 11) is 0. The first kappa shape index (κ1) is 16.5. The molecule has 1 saturated carbocycles. The summed E-state index contributed by atoms with van der Waals surface area (Å²) in [6, 6.07) is 7.86. The maximum atomic E-state index is 12.6. The largest absolute Gasteiger partial charge is 0.481 e. The van der Waals surface area contributed by atoms with Crippen molar-refractivity contribution in [3.8, 4) is 0 Å². The molecular formula is C17H20BrNO4. The molecular weight excluding hydrogens is 362 g/mol. The van der Waals surface area contributed by atoms with Crippen molar-refractivity contribution in [1.82, 2.24) is 4.90 Å². The number of carbonyl (C=O) groups is 2. The van der Waals surface area contributed by atoms with E-state index in [0.29, 0.717) is 32.5 Å². The Balaban J connectivity index is 1.66. The van der Waals surface area contributed by atoms with Crippen LogP contribution >= 0.6 is 15.9 Å². The lowest BCUT2D eigenvalue weighted by molar-refractivity contribution is -0.161. The molecule has 1 saturated heterocycles. The number of hydrogen-bond donors (Lipinski definition) is 1. The van der Waals surface area contributed by atoms with Gasteiger partial charge in [0.15, 0.2) is 0 Å². The number of morpholine rings is 1. The van der Waals surface area contributed by atoms with Crippen molar-refractivity contribution in [1.29, 1.82) is 0 Å². The van der Waals surface area contributed by atoms with Crippen LogP contribution in [-0.4, -0.2) is 41.6 Å². The molecule has 0 aromatic heterocycles. The van der Waals surface area contributed by atoms with Crippen LogP contribution in [0.25, 0.3) is 0 Å². The van der Waals surface area contributed by atoms with E-state index in [2.05, 4.69) is 15.9 Å². The fraction of sp³-hybridized carbons (Fsp3) is 0.529. The van der Waals surface area contributed by atoms with E-state index in [1.165, 1.54) is 0 Å². The zero-order chi connectivity index (χ0) is 16.4. The topological polar surface area (TPSA) is 66.8 Å². The number of aliphatic carboxylic acids is 1. The highest BCUT2D eigenvalue weighted by Crippen LogP contribution is 2.44. The Morgan fingerprint density at radius 3 is 2.78 bits per heavy atom. The molecule has 1 aliphatic heterocycles. The Bertz CT molecular complexity index is 614. The first-order chi connectivity index (χ1) is 11.0. The number of nitrogens with zero attached hydrogens (tertiary/aromatic N) is 1. The summed E-state index contributed by atoms with van der Waals surface area (Å²) in [6.07, 6.45) is 2.05. The van der Waals surface area contributed by atoms with Crippen LogP contribution in [0.4, 0.5) is 0 Å². The minimum Gasteiger partial charge on any atom is -0.481 e. The highest BCUT2D eigenvalue weighted by atomic mass is 79.9. The standard InChI is InChI=1S/C17H20BrNO4/c18-13-4-1-3-12(9-13)14-11-19(7-8-23-14)15(20)10-17(16(21)22)5-2-6-17/h1,3-4,9,14H,2,5-8,10-11H2,(H,21,22). The normalized spacial score (nSPS) is 23.2. The Morgan fingerprint density at radius 1 is 1.39 bits per heavy atom. The van der Waals surface area contributed by atoms with Gasteiger partial charge in [0.25, 0.3) is 0 Å². The zero-order valence-electron chi connectivity index (χ0n) is 12.8. The number of amides is 1. The third-order valence-electron chi connectivity index (χ3n) is 4.89. The van der Waals surface area contributed by atoms with E-state index in [9.17, 15) is 14.7 Å². The number of rotatable bonds is 4. The van der Waals surface area contributed by atoms with Gasteiger partial charge in [0.05, 0.1) is 18.6 Å². The predicted octanol–water partition coefficient (Wildman–Crippen LogP) is 2.99. The number of ether oxygens (including phenoxy) is 1. The fourth-order valence-electron chi connectivity index (χ4n) is 3.26. The SMILES string of the molecule is O=C(CC1(C(=O)O)CCC1)N1CCOC(c2cccc(Br)c2)C1. The van der Waals surface area contributed by atoms with Gasteiger partial charge in [0, 0.05) is 17.4 Å². The van der Waals surface area contributed by atoms with Crippen LogP contribution in [0.1, 0.15) is 37.4 Å². The molecule has 1 amide bonds. The second-order valence-corrected chi connectivity index (χ2v) is 7.29. The lowest BCUT2D eigenvalue weighted by atomic mass is 9.66. The molecule has 1 unspecified atom stereocenters. The van der Waals surface area contributed by atoms with E-state index in [4.69, 9.17) is 4.74 Å². The molecule has 1 aromatic rings. The van der Waals surface area contributed by atoms with E-state index >= 15 is 0 Å². The Kier molecular flexibility index (Phi) is 4.73. The Hall–Kier alpha value is -1.40. The van der Waals surface area contributed by atoms with Crippen LogP contribution in [0.5, 0.6) is 0 Å². The molecule has 5 nitrogen and oxygen atoms in total. The molecule has 23 heavy (non-hydrogen) atoms. The molecule has 6 heteroatoms. The number of carbonyl (C=O) groups excluding carboxylic acids is 1. The highest BCUT2D eigenvalue weighted by Gasteiger charge is 2.46. The van der Waals surface area contributed by atoms with E-state index in [1.54, 1.807) is 4.90 Å². The molecule has 0 radical (unpaired) electrons. The van der Waals surface area contributed by atoms with Crippen molar-refractivity contribution < 1.29 is 19.4 Å². The van der Waals surface area contributed by atoms with Crippen LogP contribution in [0.3, 0.4) is 0 Å². The van der Waals surface area contributed by atoms with Gasteiger partial charge in [-0.25, -0.2) is 0 Å². The van der Waals surface area contributed by atoms with Crippen molar-refractivity contribution >= 4 is 27.8 Å². The van der Waals surface area contributed by atoms with Crippen molar-refractivity contribution in [3.05, 3.63) is 34.3 Å². The van der Waals surface area contributed by atoms with Gasteiger partial charge in [-0.05, 0) is 30.5 Å². The molecule has 1 aliphatic carbocycles. The monoisotopic (exact) mass is 381 g/mol. The molecule has 2 aliphatic rings. The maximum absolute atomic E-state index is 12.6. The zero-order valence-corrected chi connectivity index (χ0v) is 14.4. The van der Waals surface area contributed by atoms with E-state index in [-0.39, 0.29) is 18.4 Å². The number of halogens is 1. The Morgan fingerprint density at radius 2 is 2.17 bits per heavy atom. The van der Waals surface area contributed by atoms with Crippen LogP contribution in [0, 0.1) is 5.41 Å². The van der Waals surface area contributed by atoms with Gasteiger partial charge in [-0.3, -0.25) is 9.59 Å². The van der Waals surface area contributed by atoms with Crippen molar-refractivity contribution in [2.75, 3.05) is 19.7 Å². The molecule has 1 aromatic carbocycles. The number of benzene rings is 1. The van der Waals surface area contributed by atoms with E-state index in [0.717, 1.165) is 16.5 Å². The summed E-state index contributed by atoms with van der Waals surface area (Å²) in [5, 5.41) is 9.39. The highest BCUT2D eigenvalue weighted by molar-refractivity contribution is 9.10. The molecule has 2 fully saturated rings. The summed E-state index contributed by atoms with van der Waals surface area (Å²) in [5.41, 5.74) is 0.189. The van der Waals surface area contributed by atoms with Crippen molar-refractivity contribution in [3.63, 3.8) is 0 Å². The summed E-state index contributed by atoms with van der Waals surface area (Å²) in [5.74, 6) is -0.913.